The Labute approximate surface area is 128 Å². The van der Waals surface area contributed by atoms with E-state index in [0.29, 0.717) is 11.1 Å². The van der Waals surface area contributed by atoms with E-state index < -0.39 is 18.0 Å². The zero-order valence-electron chi connectivity index (χ0n) is 11.2. The first-order valence-electron chi connectivity index (χ1n) is 6.28. The van der Waals surface area contributed by atoms with Gasteiger partial charge in [0.05, 0.1) is 0 Å². The molecule has 0 aliphatic heterocycles. The van der Waals surface area contributed by atoms with Gasteiger partial charge in [0.2, 0.25) is 0 Å². The van der Waals surface area contributed by atoms with Crippen LogP contribution in [-0.4, -0.2) is 34.7 Å². The van der Waals surface area contributed by atoms with Crippen LogP contribution in [0.5, 0.6) is 0 Å². The van der Waals surface area contributed by atoms with Crippen molar-refractivity contribution in [3.05, 3.63) is 34.0 Å². The molecule has 1 atom stereocenters. The highest BCUT2D eigenvalue weighted by atomic mass is 79.9. The van der Waals surface area contributed by atoms with Crippen LogP contribution in [0, 0.1) is 6.92 Å². The predicted octanol–water partition coefficient (Wildman–Crippen LogP) is 2.07. The summed E-state index contributed by atoms with van der Waals surface area (Å²) >= 11 is 3.36. The maximum Gasteiger partial charge on any atom is 0.332 e. The van der Waals surface area contributed by atoms with Crippen molar-refractivity contribution in [3.63, 3.8) is 0 Å². The summed E-state index contributed by atoms with van der Waals surface area (Å²) < 4.78 is 6.39. The molecule has 1 amide bonds. The summed E-state index contributed by atoms with van der Waals surface area (Å²) in [5.74, 6) is -1.56. The van der Waals surface area contributed by atoms with Crippen LogP contribution in [0.1, 0.15) is 22.5 Å². The average molecular weight is 356 g/mol. The number of hydrogen-bond acceptors (Lipinski definition) is 4. The minimum Gasteiger partial charge on any atom is -0.479 e. The van der Waals surface area contributed by atoms with E-state index in [-0.39, 0.29) is 18.7 Å². The Balaban J connectivity index is 2.09. The van der Waals surface area contributed by atoms with Gasteiger partial charge in [0.25, 0.3) is 5.91 Å². The molecule has 1 heterocycles. The zero-order valence-corrected chi connectivity index (χ0v) is 12.8. The summed E-state index contributed by atoms with van der Waals surface area (Å²) in [5.41, 5.74) is 1.31. The summed E-state index contributed by atoms with van der Waals surface area (Å²) in [5, 5.41) is 21.0. The van der Waals surface area contributed by atoms with Crippen molar-refractivity contribution in [2.45, 2.75) is 19.4 Å². The molecule has 2 rings (SSSR count). The Morgan fingerprint density at radius 1 is 1.43 bits per heavy atom. The fourth-order valence-corrected chi connectivity index (χ4v) is 2.30. The lowest BCUT2D eigenvalue weighted by Gasteiger charge is -2.06. The number of rotatable bonds is 5. The second-order valence-electron chi connectivity index (χ2n) is 4.60. The van der Waals surface area contributed by atoms with Crippen molar-refractivity contribution in [3.8, 4) is 0 Å². The molecule has 0 unspecified atom stereocenters. The second-order valence-corrected chi connectivity index (χ2v) is 5.51. The van der Waals surface area contributed by atoms with Crippen molar-refractivity contribution in [2.75, 3.05) is 6.54 Å². The molecule has 0 spiro atoms. The number of aliphatic hydroxyl groups excluding tert-OH is 1. The van der Waals surface area contributed by atoms with Gasteiger partial charge in [0.15, 0.2) is 11.9 Å². The molecule has 0 fully saturated rings. The lowest BCUT2D eigenvalue weighted by Crippen LogP contribution is -2.30. The third-order valence-electron chi connectivity index (χ3n) is 3.09. The van der Waals surface area contributed by atoms with Crippen LogP contribution < -0.4 is 5.32 Å². The largest absolute Gasteiger partial charge is 0.479 e. The van der Waals surface area contributed by atoms with Crippen LogP contribution in [0.2, 0.25) is 0 Å². The maximum absolute atomic E-state index is 12.0. The third kappa shape index (κ3) is 3.43. The Morgan fingerprint density at radius 3 is 2.81 bits per heavy atom. The number of furan rings is 1. The fraction of sp³-hybridized carbons (Fsp3) is 0.286. The van der Waals surface area contributed by atoms with Crippen molar-refractivity contribution in [1.82, 2.24) is 5.32 Å². The van der Waals surface area contributed by atoms with Gasteiger partial charge in [-0.1, -0.05) is 15.9 Å². The van der Waals surface area contributed by atoms with Crippen LogP contribution in [0.3, 0.4) is 0 Å². The Hall–Kier alpha value is -1.86. The van der Waals surface area contributed by atoms with E-state index >= 15 is 0 Å². The number of amides is 1. The number of hydrogen-bond donors (Lipinski definition) is 3. The van der Waals surface area contributed by atoms with E-state index in [0.717, 1.165) is 9.86 Å². The number of benzene rings is 1. The van der Waals surface area contributed by atoms with Gasteiger partial charge >= 0.3 is 5.97 Å². The quantitative estimate of drug-likeness (QED) is 0.762. The molecule has 0 bridgehead atoms. The van der Waals surface area contributed by atoms with Gasteiger partial charge in [0.1, 0.15) is 5.58 Å². The van der Waals surface area contributed by atoms with E-state index in [2.05, 4.69) is 21.2 Å². The van der Waals surface area contributed by atoms with Crippen molar-refractivity contribution >= 4 is 38.8 Å². The van der Waals surface area contributed by atoms with Gasteiger partial charge in [-0.15, -0.1) is 0 Å². The highest BCUT2D eigenvalue weighted by Gasteiger charge is 2.18. The SMILES string of the molecule is Cc1c(C(=O)NCC[C@H](O)C(=O)O)oc2ccc(Br)cc12. The highest BCUT2D eigenvalue weighted by Crippen LogP contribution is 2.27. The van der Waals surface area contributed by atoms with Crippen molar-refractivity contribution in [2.24, 2.45) is 0 Å². The molecule has 0 aliphatic rings. The van der Waals surface area contributed by atoms with E-state index in [4.69, 9.17) is 14.6 Å². The average Bonchev–Trinajstić information content (AvgIpc) is 2.75. The van der Waals surface area contributed by atoms with Gasteiger partial charge in [-0.25, -0.2) is 4.79 Å². The van der Waals surface area contributed by atoms with Gasteiger partial charge in [-0.05, 0) is 25.1 Å². The molecular formula is C14H14BrNO5. The lowest BCUT2D eigenvalue weighted by molar-refractivity contribution is -0.146. The minimum absolute atomic E-state index is 0.0481. The standard InChI is InChI=1S/C14H14BrNO5/c1-7-9-6-8(15)2-3-11(9)21-12(7)13(18)16-5-4-10(17)14(19)20/h2-3,6,10,17H,4-5H2,1H3,(H,16,18)(H,19,20)/t10-/m0/s1. The number of carboxylic acid groups (broad SMARTS) is 1. The van der Waals surface area contributed by atoms with Gasteiger partial charge in [-0.3, -0.25) is 4.79 Å². The van der Waals surface area contributed by atoms with Crippen LogP contribution in [0.4, 0.5) is 0 Å². The predicted molar refractivity (Wildman–Crippen MR) is 79.2 cm³/mol. The second kappa shape index (κ2) is 6.28. The summed E-state index contributed by atoms with van der Waals surface area (Å²) in [6, 6.07) is 5.44. The number of nitrogens with one attached hydrogen (secondary N) is 1. The monoisotopic (exact) mass is 355 g/mol. The Bertz CT molecular complexity index is 694. The van der Waals surface area contributed by atoms with E-state index in [9.17, 15) is 9.59 Å². The first-order valence-corrected chi connectivity index (χ1v) is 7.07. The number of carboxylic acids is 1. The number of aliphatic hydroxyl groups is 1. The van der Waals surface area contributed by atoms with Gasteiger partial charge in [-0.2, -0.15) is 0 Å². The third-order valence-corrected chi connectivity index (χ3v) is 3.59. The number of aryl methyl sites for hydroxylation is 1. The first kappa shape index (κ1) is 15.5. The molecule has 0 saturated carbocycles. The molecule has 7 heteroatoms. The molecule has 112 valence electrons. The number of aliphatic carboxylic acids is 1. The molecule has 1 aromatic heterocycles. The van der Waals surface area contributed by atoms with Crippen LogP contribution in [-0.2, 0) is 4.79 Å². The van der Waals surface area contributed by atoms with Gasteiger partial charge in [0, 0.05) is 28.4 Å². The normalized spacial score (nSPS) is 12.3. The first-order chi connectivity index (χ1) is 9.90. The van der Waals surface area contributed by atoms with Crippen LogP contribution >= 0.6 is 15.9 Å². The fourth-order valence-electron chi connectivity index (χ4n) is 1.94. The molecule has 2 aromatic rings. The summed E-state index contributed by atoms with van der Waals surface area (Å²) in [6.45, 7) is 1.83. The van der Waals surface area contributed by atoms with E-state index in [1.807, 2.05) is 12.1 Å². The maximum atomic E-state index is 12.0. The molecule has 0 saturated heterocycles. The Kier molecular flexibility index (Phi) is 4.64. The van der Waals surface area contributed by atoms with E-state index in [1.165, 1.54) is 0 Å². The molecular weight excluding hydrogens is 342 g/mol. The smallest absolute Gasteiger partial charge is 0.332 e. The highest BCUT2D eigenvalue weighted by molar-refractivity contribution is 9.10. The topological polar surface area (TPSA) is 99.8 Å². The van der Waals surface area contributed by atoms with Gasteiger partial charge < -0.3 is 19.9 Å². The summed E-state index contributed by atoms with van der Waals surface area (Å²) in [7, 11) is 0. The zero-order chi connectivity index (χ0) is 15.6. The molecule has 0 radical (unpaired) electrons. The number of carbonyl (C=O) groups excluding carboxylic acids is 1. The molecule has 6 nitrogen and oxygen atoms in total. The molecule has 21 heavy (non-hydrogen) atoms. The number of fused-ring (bicyclic) bond motifs is 1. The lowest BCUT2D eigenvalue weighted by atomic mass is 10.1. The van der Waals surface area contributed by atoms with E-state index in [1.54, 1.807) is 13.0 Å². The van der Waals surface area contributed by atoms with Crippen LogP contribution in [0.15, 0.2) is 27.1 Å². The number of halogens is 1. The Morgan fingerprint density at radius 2 is 2.14 bits per heavy atom. The molecule has 0 aliphatic carbocycles. The number of carbonyl (C=O) groups is 2. The summed E-state index contributed by atoms with van der Waals surface area (Å²) in [4.78, 5) is 22.5. The van der Waals surface area contributed by atoms with Crippen molar-refractivity contribution < 1.29 is 24.2 Å². The molecule has 3 N–H and O–H groups in total. The summed E-state index contributed by atoms with van der Waals surface area (Å²) in [6.07, 6.45) is -1.55. The minimum atomic E-state index is -1.49. The van der Waals surface area contributed by atoms with Crippen LogP contribution in [0.25, 0.3) is 11.0 Å². The molecule has 1 aromatic carbocycles. The van der Waals surface area contributed by atoms with Crippen molar-refractivity contribution in [1.29, 1.82) is 0 Å².